The fourth-order valence-electron chi connectivity index (χ4n) is 1.86. The molecule has 0 aromatic heterocycles. The van der Waals surface area contributed by atoms with Crippen molar-refractivity contribution >= 4 is 0 Å². The highest BCUT2D eigenvalue weighted by molar-refractivity contribution is 4.72. The van der Waals surface area contributed by atoms with Crippen molar-refractivity contribution in [1.82, 2.24) is 0 Å². The van der Waals surface area contributed by atoms with Gasteiger partial charge in [-0.3, -0.25) is 0 Å². The molecule has 94 valence electrons. The van der Waals surface area contributed by atoms with Crippen LogP contribution in [0.4, 0.5) is 0 Å². The molecule has 0 aliphatic carbocycles. The number of hydrogen-bond acceptors (Lipinski definition) is 1. The predicted octanol–water partition coefficient (Wildman–Crippen LogP) is 4.62. The van der Waals surface area contributed by atoms with Crippen molar-refractivity contribution in [2.45, 2.75) is 70.3 Å². The lowest BCUT2D eigenvalue weighted by atomic mass is 10.0. The van der Waals surface area contributed by atoms with Crippen molar-refractivity contribution in [3.05, 3.63) is 25.3 Å². The van der Waals surface area contributed by atoms with Crippen LogP contribution in [-0.4, -0.2) is 11.2 Å². The first kappa shape index (κ1) is 15.4. The van der Waals surface area contributed by atoms with Gasteiger partial charge in [-0.05, 0) is 25.7 Å². The maximum Gasteiger partial charge on any atom is 0.0574 e. The van der Waals surface area contributed by atoms with Crippen LogP contribution in [0.3, 0.4) is 0 Å². The predicted molar refractivity (Wildman–Crippen MR) is 72.6 cm³/mol. The van der Waals surface area contributed by atoms with Crippen LogP contribution in [0.25, 0.3) is 0 Å². The molecule has 0 spiro atoms. The van der Waals surface area contributed by atoms with Gasteiger partial charge in [-0.1, -0.05) is 50.7 Å². The highest BCUT2D eigenvalue weighted by atomic mass is 16.3. The Morgan fingerprint density at radius 1 is 0.812 bits per heavy atom. The number of allylic oxidation sites excluding steroid dienone is 1. The topological polar surface area (TPSA) is 20.2 Å². The van der Waals surface area contributed by atoms with E-state index in [1.807, 2.05) is 6.08 Å². The summed E-state index contributed by atoms with van der Waals surface area (Å²) >= 11 is 0. The van der Waals surface area contributed by atoms with E-state index in [0.29, 0.717) is 0 Å². The van der Waals surface area contributed by atoms with Crippen molar-refractivity contribution in [3.8, 4) is 0 Å². The second-order valence-electron chi connectivity index (χ2n) is 4.52. The van der Waals surface area contributed by atoms with E-state index in [0.717, 1.165) is 25.7 Å². The smallest absolute Gasteiger partial charge is 0.0574 e. The summed E-state index contributed by atoms with van der Waals surface area (Å²) in [4.78, 5) is 0. The monoisotopic (exact) mass is 224 g/mol. The Balaban J connectivity index is 3.03. The van der Waals surface area contributed by atoms with Crippen molar-refractivity contribution in [1.29, 1.82) is 0 Å². The Morgan fingerprint density at radius 2 is 1.38 bits per heavy atom. The fourth-order valence-corrected chi connectivity index (χ4v) is 1.86. The molecular formula is C15H28O. The highest BCUT2D eigenvalue weighted by Gasteiger charge is 2.00. The average molecular weight is 224 g/mol. The number of hydrogen-bond donors (Lipinski definition) is 1. The van der Waals surface area contributed by atoms with Gasteiger partial charge < -0.3 is 5.11 Å². The summed E-state index contributed by atoms with van der Waals surface area (Å²) in [7, 11) is 0. The lowest BCUT2D eigenvalue weighted by molar-refractivity contribution is 0.164. The zero-order chi connectivity index (χ0) is 12.1. The van der Waals surface area contributed by atoms with Gasteiger partial charge >= 0.3 is 0 Å². The minimum Gasteiger partial charge on any atom is -0.393 e. The first-order valence-electron chi connectivity index (χ1n) is 6.71. The second-order valence-corrected chi connectivity index (χ2v) is 4.52. The molecule has 1 atom stereocenters. The fraction of sp³-hybridized carbons (Fsp3) is 0.733. The van der Waals surface area contributed by atoms with Crippen LogP contribution in [0.15, 0.2) is 25.3 Å². The summed E-state index contributed by atoms with van der Waals surface area (Å²) in [6.45, 7) is 7.35. The molecule has 0 radical (unpaired) electrons. The lowest BCUT2D eigenvalue weighted by Crippen LogP contribution is -2.03. The summed E-state index contributed by atoms with van der Waals surface area (Å²) in [5.41, 5.74) is 0. The van der Waals surface area contributed by atoms with Gasteiger partial charge in [-0.15, -0.1) is 13.2 Å². The molecule has 1 heteroatoms. The summed E-state index contributed by atoms with van der Waals surface area (Å²) in [6, 6.07) is 0. The van der Waals surface area contributed by atoms with E-state index in [4.69, 9.17) is 0 Å². The number of aliphatic hydroxyl groups is 1. The molecule has 0 aliphatic heterocycles. The molecule has 16 heavy (non-hydrogen) atoms. The Morgan fingerprint density at radius 3 is 1.94 bits per heavy atom. The van der Waals surface area contributed by atoms with Crippen LogP contribution in [-0.2, 0) is 0 Å². The SMILES string of the molecule is C=CCCCCCCCCCC(O)CC=C. The normalized spacial score (nSPS) is 12.3. The molecule has 1 N–H and O–H groups in total. The Bertz CT molecular complexity index is 163. The zero-order valence-corrected chi connectivity index (χ0v) is 10.7. The van der Waals surface area contributed by atoms with E-state index in [1.165, 1.54) is 38.5 Å². The third kappa shape index (κ3) is 11.5. The van der Waals surface area contributed by atoms with E-state index in [2.05, 4.69) is 13.2 Å². The maximum atomic E-state index is 9.47. The van der Waals surface area contributed by atoms with E-state index in [9.17, 15) is 5.11 Å². The van der Waals surface area contributed by atoms with Crippen LogP contribution in [0, 0.1) is 0 Å². The van der Waals surface area contributed by atoms with Gasteiger partial charge in [0.1, 0.15) is 0 Å². The molecule has 0 amide bonds. The van der Waals surface area contributed by atoms with Crippen LogP contribution in [0.5, 0.6) is 0 Å². The molecule has 0 fully saturated rings. The summed E-state index contributed by atoms with van der Waals surface area (Å²) in [6.07, 6.45) is 15.5. The van der Waals surface area contributed by atoms with Crippen molar-refractivity contribution < 1.29 is 5.11 Å². The molecular weight excluding hydrogens is 196 g/mol. The molecule has 0 heterocycles. The van der Waals surface area contributed by atoms with Crippen LogP contribution >= 0.6 is 0 Å². The lowest BCUT2D eigenvalue weighted by Gasteiger charge is -2.07. The largest absolute Gasteiger partial charge is 0.393 e. The minimum absolute atomic E-state index is 0.162. The van der Waals surface area contributed by atoms with Crippen molar-refractivity contribution in [3.63, 3.8) is 0 Å². The van der Waals surface area contributed by atoms with Crippen molar-refractivity contribution in [2.75, 3.05) is 0 Å². The Hall–Kier alpha value is -0.560. The molecule has 0 aromatic carbocycles. The van der Waals surface area contributed by atoms with E-state index >= 15 is 0 Å². The third-order valence-electron chi connectivity index (χ3n) is 2.88. The average Bonchev–Trinajstić information content (AvgIpc) is 2.27. The number of rotatable bonds is 12. The first-order valence-corrected chi connectivity index (χ1v) is 6.71. The molecule has 0 saturated heterocycles. The molecule has 0 rings (SSSR count). The number of aliphatic hydroxyl groups excluding tert-OH is 1. The van der Waals surface area contributed by atoms with Gasteiger partial charge in [0.15, 0.2) is 0 Å². The molecule has 0 saturated carbocycles. The Kier molecular flexibility index (Phi) is 12.1. The summed E-state index contributed by atoms with van der Waals surface area (Å²) < 4.78 is 0. The maximum absolute atomic E-state index is 9.47. The van der Waals surface area contributed by atoms with E-state index in [-0.39, 0.29) is 6.10 Å². The standard InChI is InChI=1S/C15H28O/c1-3-5-6-7-8-9-10-11-12-14-15(16)13-4-2/h3-4,15-16H,1-2,5-14H2. The summed E-state index contributed by atoms with van der Waals surface area (Å²) in [5.74, 6) is 0. The first-order chi connectivity index (χ1) is 7.81. The molecule has 1 unspecified atom stereocenters. The molecule has 1 nitrogen and oxygen atoms in total. The van der Waals surface area contributed by atoms with Gasteiger partial charge in [-0.2, -0.15) is 0 Å². The van der Waals surface area contributed by atoms with Crippen LogP contribution in [0.2, 0.25) is 0 Å². The van der Waals surface area contributed by atoms with E-state index < -0.39 is 0 Å². The minimum atomic E-state index is -0.162. The van der Waals surface area contributed by atoms with Gasteiger partial charge in [0.25, 0.3) is 0 Å². The van der Waals surface area contributed by atoms with Crippen molar-refractivity contribution in [2.24, 2.45) is 0 Å². The summed E-state index contributed by atoms with van der Waals surface area (Å²) in [5, 5.41) is 9.47. The van der Waals surface area contributed by atoms with Gasteiger partial charge in [0.2, 0.25) is 0 Å². The molecule has 0 bridgehead atoms. The van der Waals surface area contributed by atoms with Crippen LogP contribution in [0.1, 0.15) is 64.2 Å². The van der Waals surface area contributed by atoms with E-state index in [1.54, 1.807) is 6.08 Å². The van der Waals surface area contributed by atoms with Crippen LogP contribution < -0.4 is 0 Å². The Labute approximate surface area is 101 Å². The van der Waals surface area contributed by atoms with Gasteiger partial charge in [-0.25, -0.2) is 0 Å². The number of unbranched alkanes of at least 4 members (excludes halogenated alkanes) is 7. The highest BCUT2D eigenvalue weighted by Crippen LogP contribution is 2.11. The molecule has 0 aliphatic rings. The van der Waals surface area contributed by atoms with Gasteiger partial charge in [0.05, 0.1) is 6.10 Å². The van der Waals surface area contributed by atoms with Gasteiger partial charge in [0, 0.05) is 0 Å². The third-order valence-corrected chi connectivity index (χ3v) is 2.88. The molecule has 0 aromatic rings. The second kappa shape index (κ2) is 12.5. The zero-order valence-electron chi connectivity index (χ0n) is 10.7. The quantitative estimate of drug-likeness (QED) is 0.379.